The molecule has 0 bridgehead atoms. The van der Waals surface area contributed by atoms with E-state index in [0.717, 1.165) is 18.9 Å². The molecule has 0 radical (unpaired) electrons. The first kappa shape index (κ1) is 21.3. The summed E-state index contributed by atoms with van der Waals surface area (Å²) in [6.07, 6.45) is 2.68. The third-order valence-electron chi connectivity index (χ3n) is 4.65. The van der Waals surface area contributed by atoms with E-state index in [1.54, 1.807) is 18.2 Å². The summed E-state index contributed by atoms with van der Waals surface area (Å²) in [6.45, 7) is 0.459. The summed E-state index contributed by atoms with van der Waals surface area (Å²) in [5, 5.41) is 8.25. The lowest BCUT2D eigenvalue weighted by molar-refractivity contribution is -0.122. The Kier molecular flexibility index (Phi) is 7.00. The highest BCUT2D eigenvalue weighted by molar-refractivity contribution is 6.05. The fourth-order valence-corrected chi connectivity index (χ4v) is 2.88. The quantitative estimate of drug-likeness (QED) is 0.550. The number of benzene rings is 2. The van der Waals surface area contributed by atoms with Gasteiger partial charge in [0.25, 0.3) is 5.91 Å². The monoisotopic (exact) mass is 413 g/mol. The molecule has 0 heterocycles. The van der Waals surface area contributed by atoms with Crippen LogP contribution < -0.4 is 20.7 Å². The van der Waals surface area contributed by atoms with Gasteiger partial charge in [-0.25, -0.2) is 4.39 Å². The van der Waals surface area contributed by atoms with Crippen molar-refractivity contribution in [3.63, 3.8) is 0 Å². The van der Waals surface area contributed by atoms with Crippen molar-refractivity contribution in [2.24, 2.45) is 5.92 Å². The first-order valence-corrected chi connectivity index (χ1v) is 9.79. The number of hydrogen-bond acceptors (Lipinski definition) is 4. The van der Waals surface area contributed by atoms with Crippen LogP contribution in [0.2, 0.25) is 0 Å². The van der Waals surface area contributed by atoms with Gasteiger partial charge in [-0.3, -0.25) is 14.4 Å². The minimum atomic E-state index is -0.510. The lowest BCUT2D eigenvalue weighted by Crippen LogP contribution is -2.26. The van der Waals surface area contributed by atoms with E-state index in [2.05, 4.69) is 16.0 Å². The Morgan fingerprint density at radius 1 is 1.10 bits per heavy atom. The number of carbonyl (C=O) groups excluding carboxylic acids is 3. The Labute approximate surface area is 174 Å². The summed E-state index contributed by atoms with van der Waals surface area (Å²) in [6, 6.07) is 10.2. The molecule has 0 atom stereocenters. The molecule has 2 aromatic carbocycles. The van der Waals surface area contributed by atoms with E-state index in [1.807, 2.05) is 0 Å². The summed E-state index contributed by atoms with van der Waals surface area (Å²) >= 11 is 0. The highest BCUT2D eigenvalue weighted by Gasteiger charge is 2.29. The SMILES string of the molecule is COc1ccc(NC(=O)CCCNC(=O)C2CC2)cc1NC(=O)c1cccc(F)c1. The van der Waals surface area contributed by atoms with Crippen molar-refractivity contribution in [3.8, 4) is 5.75 Å². The third-order valence-corrected chi connectivity index (χ3v) is 4.65. The lowest BCUT2D eigenvalue weighted by Gasteiger charge is -2.13. The standard InChI is InChI=1S/C22H24FN3O4/c1-30-19-10-9-17(25-20(27)6-3-11-24-21(28)14-7-8-14)13-18(19)26-22(29)15-4-2-5-16(23)12-15/h2,4-5,9-10,12-14H,3,6-8,11H2,1H3,(H,24,28)(H,25,27)(H,26,29). The maximum Gasteiger partial charge on any atom is 0.255 e. The van der Waals surface area contributed by atoms with E-state index in [-0.39, 0.29) is 29.7 Å². The molecule has 0 aliphatic heterocycles. The van der Waals surface area contributed by atoms with E-state index in [4.69, 9.17) is 4.74 Å². The number of amides is 3. The van der Waals surface area contributed by atoms with Gasteiger partial charge in [0.15, 0.2) is 0 Å². The molecule has 1 fully saturated rings. The van der Waals surface area contributed by atoms with Gasteiger partial charge in [0.05, 0.1) is 12.8 Å². The molecule has 158 valence electrons. The van der Waals surface area contributed by atoms with Crippen LogP contribution >= 0.6 is 0 Å². The van der Waals surface area contributed by atoms with E-state index < -0.39 is 11.7 Å². The molecule has 8 heteroatoms. The normalized spacial score (nSPS) is 12.7. The predicted octanol–water partition coefficient (Wildman–Crippen LogP) is 3.33. The minimum absolute atomic E-state index is 0.0595. The van der Waals surface area contributed by atoms with Gasteiger partial charge in [-0.15, -0.1) is 0 Å². The third kappa shape index (κ3) is 6.04. The fourth-order valence-electron chi connectivity index (χ4n) is 2.88. The van der Waals surface area contributed by atoms with Crippen molar-refractivity contribution in [3.05, 3.63) is 53.8 Å². The Morgan fingerprint density at radius 3 is 2.60 bits per heavy atom. The van der Waals surface area contributed by atoms with Gasteiger partial charge in [0, 0.05) is 30.1 Å². The summed E-state index contributed by atoms with van der Waals surface area (Å²) in [5.41, 5.74) is 0.998. The van der Waals surface area contributed by atoms with Gasteiger partial charge >= 0.3 is 0 Å². The number of hydrogen-bond donors (Lipinski definition) is 3. The van der Waals surface area contributed by atoms with Crippen LogP contribution in [0.5, 0.6) is 5.75 Å². The van der Waals surface area contributed by atoms with Crippen LogP contribution in [-0.2, 0) is 9.59 Å². The number of halogens is 1. The zero-order valence-electron chi connectivity index (χ0n) is 16.7. The number of methoxy groups -OCH3 is 1. The molecule has 0 saturated heterocycles. The van der Waals surface area contributed by atoms with Crippen molar-refractivity contribution in [2.75, 3.05) is 24.3 Å². The fraction of sp³-hybridized carbons (Fsp3) is 0.318. The van der Waals surface area contributed by atoms with Crippen molar-refractivity contribution in [2.45, 2.75) is 25.7 Å². The van der Waals surface area contributed by atoms with Crippen molar-refractivity contribution in [1.29, 1.82) is 0 Å². The van der Waals surface area contributed by atoms with Crippen molar-refractivity contribution >= 4 is 29.1 Å². The van der Waals surface area contributed by atoms with E-state index >= 15 is 0 Å². The average Bonchev–Trinajstić information content (AvgIpc) is 3.57. The number of nitrogens with one attached hydrogen (secondary N) is 3. The smallest absolute Gasteiger partial charge is 0.255 e. The highest BCUT2D eigenvalue weighted by Crippen LogP contribution is 2.29. The average molecular weight is 413 g/mol. The first-order valence-electron chi connectivity index (χ1n) is 9.79. The zero-order valence-corrected chi connectivity index (χ0v) is 16.7. The molecule has 30 heavy (non-hydrogen) atoms. The van der Waals surface area contributed by atoms with Gasteiger partial charge in [-0.05, 0) is 55.7 Å². The Balaban J connectivity index is 1.55. The van der Waals surface area contributed by atoms with Crippen LogP contribution in [-0.4, -0.2) is 31.4 Å². The molecule has 3 rings (SSSR count). The number of rotatable bonds is 9. The van der Waals surface area contributed by atoms with Gasteiger partial charge in [0.2, 0.25) is 11.8 Å². The Morgan fingerprint density at radius 2 is 1.90 bits per heavy atom. The Hall–Kier alpha value is -3.42. The molecule has 2 aromatic rings. The van der Waals surface area contributed by atoms with E-state index in [9.17, 15) is 18.8 Å². The maximum atomic E-state index is 13.4. The van der Waals surface area contributed by atoms with Gasteiger partial charge in [-0.2, -0.15) is 0 Å². The van der Waals surface area contributed by atoms with Crippen LogP contribution in [0.15, 0.2) is 42.5 Å². The summed E-state index contributed by atoms with van der Waals surface area (Å²) in [7, 11) is 1.46. The van der Waals surface area contributed by atoms with Gasteiger partial charge in [-0.1, -0.05) is 6.07 Å². The number of ether oxygens (including phenoxy) is 1. The Bertz CT molecular complexity index is 944. The number of carbonyl (C=O) groups is 3. The summed E-state index contributed by atoms with van der Waals surface area (Å²) in [5.74, 6) is -0.598. The molecular weight excluding hydrogens is 389 g/mol. The minimum Gasteiger partial charge on any atom is -0.495 e. The summed E-state index contributed by atoms with van der Waals surface area (Å²) in [4.78, 5) is 36.1. The molecule has 0 spiro atoms. The maximum absolute atomic E-state index is 13.4. The molecule has 0 unspecified atom stereocenters. The lowest BCUT2D eigenvalue weighted by atomic mass is 10.2. The molecule has 3 N–H and O–H groups in total. The second-order valence-electron chi connectivity index (χ2n) is 7.10. The van der Waals surface area contributed by atoms with Gasteiger partial charge < -0.3 is 20.7 Å². The van der Waals surface area contributed by atoms with Gasteiger partial charge in [0.1, 0.15) is 11.6 Å². The van der Waals surface area contributed by atoms with Crippen LogP contribution in [0.4, 0.5) is 15.8 Å². The molecule has 1 aliphatic carbocycles. The first-order chi connectivity index (χ1) is 14.5. The van der Waals surface area contributed by atoms with Crippen LogP contribution in [0.25, 0.3) is 0 Å². The second-order valence-corrected chi connectivity index (χ2v) is 7.10. The molecule has 0 aromatic heterocycles. The topological polar surface area (TPSA) is 96.5 Å². The van der Waals surface area contributed by atoms with E-state index in [0.29, 0.717) is 30.1 Å². The molecule has 1 aliphatic rings. The molecule has 7 nitrogen and oxygen atoms in total. The van der Waals surface area contributed by atoms with Crippen LogP contribution in [0, 0.1) is 11.7 Å². The second kappa shape index (κ2) is 9.87. The largest absolute Gasteiger partial charge is 0.495 e. The highest BCUT2D eigenvalue weighted by atomic mass is 19.1. The molecule has 1 saturated carbocycles. The number of anilines is 2. The van der Waals surface area contributed by atoms with Crippen molar-refractivity contribution < 1.29 is 23.5 Å². The van der Waals surface area contributed by atoms with Crippen LogP contribution in [0.1, 0.15) is 36.0 Å². The van der Waals surface area contributed by atoms with Crippen molar-refractivity contribution in [1.82, 2.24) is 5.32 Å². The zero-order chi connectivity index (χ0) is 21.5. The van der Waals surface area contributed by atoms with Crippen LogP contribution in [0.3, 0.4) is 0 Å². The summed E-state index contributed by atoms with van der Waals surface area (Å²) < 4.78 is 18.6. The van der Waals surface area contributed by atoms with E-state index in [1.165, 1.54) is 25.3 Å². The molecular formula is C22H24FN3O4. The molecule has 3 amide bonds. The predicted molar refractivity (Wildman–Crippen MR) is 111 cm³/mol.